The summed E-state index contributed by atoms with van der Waals surface area (Å²) in [4.78, 5) is 0. The van der Waals surface area contributed by atoms with Crippen LogP contribution in [0.1, 0.15) is 22.1 Å². The number of benzene rings is 2. The summed E-state index contributed by atoms with van der Waals surface area (Å²) in [6, 6.07) is 14.1. The van der Waals surface area contributed by atoms with Crippen molar-refractivity contribution in [3.8, 4) is 5.75 Å². The predicted octanol–water partition coefficient (Wildman–Crippen LogP) is 4.67. The smallest absolute Gasteiger partial charge is 0.124 e. The molecular weight excluding hydrogens is 300 g/mol. The van der Waals surface area contributed by atoms with E-state index in [1.807, 2.05) is 30.3 Å². The standard InChI is InChI=1S/C14H10BrClO/c15-10-6-5-9-8-17-13-4-2-1-3-11(13)14(16)12(9)7-10/h1-7,14H,8H2. The van der Waals surface area contributed by atoms with Gasteiger partial charge in [-0.3, -0.25) is 0 Å². The van der Waals surface area contributed by atoms with Gasteiger partial charge in [-0.2, -0.15) is 0 Å². The largest absolute Gasteiger partial charge is 0.489 e. The molecule has 0 radical (unpaired) electrons. The lowest BCUT2D eigenvalue weighted by molar-refractivity contribution is 0.307. The van der Waals surface area contributed by atoms with E-state index in [0.29, 0.717) is 6.61 Å². The molecular formula is C14H10BrClO. The first-order valence-electron chi connectivity index (χ1n) is 5.40. The maximum absolute atomic E-state index is 6.55. The highest BCUT2D eigenvalue weighted by atomic mass is 79.9. The van der Waals surface area contributed by atoms with Crippen LogP contribution >= 0.6 is 27.5 Å². The van der Waals surface area contributed by atoms with Crippen molar-refractivity contribution in [3.05, 3.63) is 63.6 Å². The first kappa shape index (κ1) is 11.1. The molecule has 1 atom stereocenters. The van der Waals surface area contributed by atoms with Crippen molar-refractivity contribution in [3.63, 3.8) is 0 Å². The second kappa shape index (κ2) is 4.35. The van der Waals surface area contributed by atoms with Gasteiger partial charge in [0, 0.05) is 10.0 Å². The Hall–Kier alpha value is -0.990. The Balaban J connectivity index is 2.18. The number of para-hydroxylation sites is 1. The summed E-state index contributed by atoms with van der Waals surface area (Å²) in [5.74, 6) is 0.875. The second-order valence-electron chi connectivity index (χ2n) is 4.03. The fourth-order valence-corrected chi connectivity index (χ4v) is 2.84. The Kier molecular flexibility index (Phi) is 2.85. The molecule has 17 heavy (non-hydrogen) atoms. The van der Waals surface area contributed by atoms with E-state index in [-0.39, 0.29) is 5.38 Å². The van der Waals surface area contributed by atoms with Crippen LogP contribution in [0, 0.1) is 0 Å². The average Bonchev–Trinajstić information content (AvgIpc) is 2.49. The molecule has 3 rings (SSSR count). The zero-order chi connectivity index (χ0) is 11.8. The molecule has 1 aliphatic rings. The Morgan fingerprint density at radius 1 is 1.12 bits per heavy atom. The van der Waals surface area contributed by atoms with Crippen molar-refractivity contribution in [1.29, 1.82) is 0 Å². The molecule has 0 bridgehead atoms. The summed E-state index contributed by atoms with van der Waals surface area (Å²) in [5, 5.41) is -0.152. The zero-order valence-corrected chi connectivity index (χ0v) is 11.3. The van der Waals surface area contributed by atoms with Gasteiger partial charge in [-0.15, -0.1) is 11.6 Å². The van der Waals surface area contributed by atoms with E-state index in [1.165, 1.54) is 0 Å². The molecule has 0 aliphatic carbocycles. The maximum Gasteiger partial charge on any atom is 0.124 e. The third-order valence-electron chi connectivity index (χ3n) is 2.96. The average molecular weight is 310 g/mol. The molecule has 1 aliphatic heterocycles. The van der Waals surface area contributed by atoms with Crippen LogP contribution < -0.4 is 4.74 Å². The molecule has 0 aromatic heterocycles. The zero-order valence-electron chi connectivity index (χ0n) is 8.99. The van der Waals surface area contributed by atoms with E-state index in [1.54, 1.807) is 0 Å². The van der Waals surface area contributed by atoms with Gasteiger partial charge in [0.2, 0.25) is 0 Å². The number of ether oxygens (including phenoxy) is 1. The van der Waals surface area contributed by atoms with Crippen LogP contribution in [0.2, 0.25) is 0 Å². The van der Waals surface area contributed by atoms with Gasteiger partial charge in [-0.1, -0.05) is 40.2 Å². The van der Waals surface area contributed by atoms with Crippen molar-refractivity contribution in [2.75, 3.05) is 0 Å². The Labute approximate surface area is 113 Å². The molecule has 1 unspecified atom stereocenters. The Bertz CT molecular complexity index is 568. The summed E-state index contributed by atoms with van der Waals surface area (Å²) >= 11 is 10.0. The second-order valence-corrected chi connectivity index (χ2v) is 5.38. The van der Waals surface area contributed by atoms with Gasteiger partial charge in [0.05, 0.1) is 5.38 Å². The van der Waals surface area contributed by atoms with E-state index in [9.17, 15) is 0 Å². The van der Waals surface area contributed by atoms with Gasteiger partial charge in [-0.25, -0.2) is 0 Å². The lowest BCUT2D eigenvalue weighted by Gasteiger charge is -2.11. The van der Waals surface area contributed by atoms with Crippen LogP contribution in [-0.2, 0) is 6.61 Å². The molecule has 0 saturated heterocycles. The minimum atomic E-state index is -0.152. The molecule has 3 heteroatoms. The van der Waals surface area contributed by atoms with Gasteiger partial charge < -0.3 is 4.74 Å². The lowest BCUT2D eigenvalue weighted by atomic mass is 10.0. The van der Waals surface area contributed by atoms with E-state index in [0.717, 1.165) is 26.9 Å². The SMILES string of the molecule is ClC1c2cc(Br)ccc2COc2ccccc21. The highest BCUT2D eigenvalue weighted by Gasteiger charge is 2.22. The molecule has 86 valence electrons. The number of alkyl halides is 1. The fraction of sp³-hybridized carbons (Fsp3) is 0.143. The van der Waals surface area contributed by atoms with Crippen LogP contribution in [0.3, 0.4) is 0 Å². The molecule has 0 amide bonds. The van der Waals surface area contributed by atoms with Gasteiger partial charge in [-0.05, 0) is 29.3 Å². The molecule has 2 aromatic carbocycles. The summed E-state index contributed by atoms with van der Waals surface area (Å²) < 4.78 is 6.83. The van der Waals surface area contributed by atoms with Gasteiger partial charge in [0.1, 0.15) is 12.4 Å². The van der Waals surface area contributed by atoms with Crippen LogP contribution in [0.4, 0.5) is 0 Å². The number of fused-ring (bicyclic) bond motifs is 2. The number of rotatable bonds is 0. The number of halogens is 2. The molecule has 0 spiro atoms. The van der Waals surface area contributed by atoms with Crippen molar-refractivity contribution >= 4 is 27.5 Å². The van der Waals surface area contributed by atoms with Crippen molar-refractivity contribution in [2.24, 2.45) is 0 Å². The monoisotopic (exact) mass is 308 g/mol. The van der Waals surface area contributed by atoms with E-state index in [2.05, 4.69) is 28.1 Å². The van der Waals surface area contributed by atoms with Gasteiger partial charge in [0.15, 0.2) is 0 Å². The Morgan fingerprint density at radius 3 is 2.82 bits per heavy atom. The molecule has 2 aromatic rings. The maximum atomic E-state index is 6.55. The summed E-state index contributed by atoms with van der Waals surface area (Å²) in [5.41, 5.74) is 3.29. The molecule has 0 N–H and O–H groups in total. The van der Waals surface area contributed by atoms with E-state index >= 15 is 0 Å². The van der Waals surface area contributed by atoms with E-state index < -0.39 is 0 Å². The normalized spacial score (nSPS) is 17.6. The highest BCUT2D eigenvalue weighted by Crippen LogP contribution is 2.40. The Morgan fingerprint density at radius 2 is 1.94 bits per heavy atom. The van der Waals surface area contributed by atoms with E-state index in [4.69, 9.17) is 16.3 Å². The van der Waals surface area contributed by atoms with Crippen LogP contribution in [0.15, 0.2) is 46.9 Å². The first-order valence-corrected chi connectivity index (χ1v) is 6.63. The molecule has 0 fully saturated rings. The van der Waals surface area contributed by atoms with Gasteiger partial charge >= 0.3 is 0 Å². The van der Waals surface area contributed by atoms with Crippen molar-refractivity contribution in [1.82, 2.24) is 0 Å². The topological polar surface area (TPSA) is 9.23 Å². The predicted molar refractivity (Wildman–Crippen MR) is 72.6 cm³/mol. The molecule has 1 heterocycles. The first-order chi connectivity index (χ1) is 8.25. The van der Waals surface area contributed by atoms with Crippen molar-refractivity contribution < 1.29 is 4.74 Å². The minimum absolute atomic E-state index is 0.152. The lowest BCUT2D eigenvalue weighted by Crippen LogP contribution is -1.96. The quantitative estimate of drug-likeness (QED) is 0.643. The van der Waals surface area contributed by atoms with Gasteiger partial charge in [0.25, 0.3) is 0 Å². The third-order valence-corrected chi connectivity index (χ3v) is 3.92. The number of hydrogen-bond donors (Lipinski definition) is 0. The summed E-state index contributed by atoms with van der Waals surface area (Å²) in [6.45, 7) is 0.572. The van der Waals surface area contributed by atoms with Crippen molar-refractivity contribution in [2.45, 2.75) is 12.0 Å². The summed E-state index contributed by atoms with van der Waals surface area (Å²) in [7, 11) is 0. The third kappa shape index (κ3) is 1.96. The van der Waals surface area contributed by atoms with Crippen LogP contribution in [0.25, 0.3) is 0 Å². The van der Waals surface area contributed by atoms with Crippen LogP contribution in [-0.4, -0.2) is 0 Å². The summed E-state index contributed by atoms with van der Waals surface area (Å²) in [6.07, 6.45) is 0. The fourth-order valence-electron chi connectivity index (χ4n) is 2.08. The molecule has 1 nitrogen and oxygen atoms in total. The number of hydrogen-bond acceptors (Lipinski definition) is 1. The van der Waals surface area contributed by atoms with Crippen LogP contribution in [0.5, 0.6) is 5.75 Å². The minimum Gasteiger partial charge on any atom is -0.489 e. The highest BCUT2D eigenvalue weighted by molar-refractivity contribution is 9.10. The molecule has 0 saturated carbocycles.